The number of benzene rings is 2. The Morgan fingerprint density at radius 3 is 2.57 bits per heavy atom. The summed E-state index contributed by atoms with van der Waals surface area (Å²) in [4.78, 5) is 11.5. The molecular weight excluding hydrogens is 309 g/mol. The van der Waals surface area contributed by atoms with Crippen LogP contribution in [0.3, 0.4) is 0 Å². The van der Waals surface area contributed by atoms with Gasteiger partial charge in [-0.25, -0.2) is 0 Å². The second-order valence-corrected chi connectivity index (χ2v) is 5.40. The van der Waals surface area contributed by atoms with Gasteiger partial charge in [-0.05, 0) is 36.8 Å². The van der Waals surface area contributed by atoms with E-state index in [4.69, 9.17) is 27.9 Å². The lowest BCUT2D eigenvalue weighted by Crippen LogP contribution is -2.02. The zero-order valence-electron chi connectivity index (χ0n) is 11.7. The van der Waals surface area contributed by atoms with Gasteiger partial charge in [0.25, 0.3) is 0 Å². The molecule has 0 aliphatic rings. The SMILES string of the molecule is COc1cc(NCc2ccc(Cl)cc2Cl)ccc1C(C)=O. The lowest BCUT2D eigenvalue weighted by atomic mass is 10.1. The van der Waals surface area contributed by atoms with Crippen LogP contribution in [0.4, 0.5) is 5.69 Å². The van der Waals surface area contributed by atoms with Crippen LogP contribution >= 0.6 is 23.2 Å². The summed E-state index contributed by atoms with van der Waals surface area (Å²) in [5.74, 6) is 0.522. The van der Waals surface area contributed by atoms with Crippen molar-refractivity contribution in [1.82, 2.24) is 0 Å². The second kappa shape index (κ2) is 6.83. The summed E-state index contributed by atoms with van der Waals surface area (Å²) < 4.78 is 5.23. The smallest absolute Gasteiger partial charge is 0.163 e. The van der Waals surface area contributed by atoms with Gasteiger partial charge in [-0.3, -0.25) is 4.79 Å². The fraction of sp³-hybridized carbons (Fsp3) is 0.188. The van der Waals surface area contributed by atoms with Crippen molar-refractivity contribution in [3.8, 4) is 5.75 Å². The lowest BCUT2D eigenvalue weighted by molar-refractivity contribution is 0.101. The Labute approximate surface area is 133 Å². The third-order valence-electron chi connectivity index (χ3n) is 3.08. The minimum Gasteiger partial charge on any atom is -0.496 e. The van der Waals surface area contributed by atoms with Gasteiger partial charge in [0.1, 0.15) is 5.75 Å². The van der Waals surface area contributed by atoms with E-state index in [0.717, 1.165) is 11.3 Å². The number of rotatable bonds is 5. The highest BCUT2D eigenvalue weighted by Gasteiger charge is 2.09. The number of halogens is 2. The summed E-state index contributed by atoms with van der Waals surface area (Å²) >= 11 is 12.0. The fourth-order valence-electron chi connectivity index (χ4n) is 1.95. The van der Waals surface area contributed by atoms with Crippen molar-refractivity contribution in [2.75, 3.05) is 12.4 Å². The Kier molecular flexibility index (Phi) is 5.10. The molecule has 0 saturated carbocycles. The van der Waals surface area contributed by atoms with Crippen LogP contribution in [-0.4, -0.2) is 12.9 Å². The number of anilines is 1. The Hall–Kier alpha value is -1.71. The van der Waals surface area contributed by atoms with Gasteiger partial charge >= 0.3 is 0 Å². The first-order valence-electron chi connectivity index (χ1n) is 6.38. The highest BCUT2D eigenvalue weighted by atomic mass is 35.5. The van der Waals surface area contributed by atoms with Crippen molar-refractivity contribution in [3.63, 3.8) is 0 Å². The van der Waals surface area contributed by atoms with Crippen molar-refractivity contribution in [3.05, 3.63) is 57.6 Å². The molecule has 3 nitrogen and oxygen atoms in total. The minimum absolute atomic E-state index is 0.0286. The number of hydrogen-bond acceptors (Lipinski definition) is 3. The third-order valence-corrected chi connectivity index (χ3v) is 3.67. The molecule has 0 spiro atoms. The molecule has 110 valence electrons. The number of methoxy groups -OCH3 is 1. The summed E-state index contributed by atoms with van der Waals surface area (Å²) in [5.41, 5.74) is 2.35. The maximum Gasteiger partial charge on any atom is 0.163 e. The molecule has 2 aromatic rings. The maximum atomic E-state index is 11.5. The van der Waals surface area contributed by atoms with Crippen LogP contribution in [0.5, 0.6) is 5.75 Å². The number of carbonyl (C=O) groups excluding carboxylic acids is 1. The topological polar surface area (TPSA) is 38.3 Å². The molecule has 0 radical (unpaired) electrons. The monoisotopic (exact) mass is 323 g/mol. The molecule has 21 heavy (non-hydrogen) atoms. The Morgan fingerprint density at radius 1 is 1.19 bits per heavy atom. The summed E-state index contributed by atoms with van der Waals surface area (Å²) in [7, 11) is 1.54. The second-order valence-electron chi connectivity index (χ2n) is 4.56. The molecule has 2 rings (SSSR count). The number of ether oxygens (including phenoxy) is 1. The van der Waals surface area contributed by atoms with E-state index >= 15 is 0 Å². The van der Waals surface area contributed by atoms with E-state index < -0.39 is 0 Å². The molecule has 0 aliphatic heterocycles. The first kappa shape index (κ1) is 15.7. The largest absolute Gasteiger partial charge is 0.496 e. The van der Waals surface area contributed by atoms with Crippen molar-refractivity contribution in [2.24, 2.45) is 0 Å². The van der Waals surface area contributed by atoms with Crippen LogP contribution in [-0.2, 0) is 6.54 Å². The molecule has 0 saturated heterocycles. The number of ketones is 1. The molecule has 1 N–H and O–H groups in total. The van der Waals surface area contributed by atoms with Crippen LogP contribution < -0.4 is 10.1 Å². The van der Waals surface area contributed by atoms with Gasteiger partial charge in [-0.2, -0.15) is 0 Å². The molecule has 0 aromatic heterocycles. The van der Waals surface area contributed by atoms with E-state index in [2.05, 4.69) is 5.32 Å². The molecule has 0 aliphatic carbocycles. The van der Waals surface area contributed by atoms with Crippen molar-refractivity contribution in [1.29, 1.82) is 0 Å². The van der Waals surface area contributed by atoms with Gasteiger partial charge in [0.15, 0.2) is 5.78 Å². The molecule has 0 unspecified atom stereocenters. The molecule has 0 atom stereocenters. The zero-order valence-corrected chi connectivity index (χ0v) is 13.3. The van der Waals surface area contributed by atoms with Crippen molar-refractivity contribution in [2.45, 2.75) is 13.5 Å². The molecule has 0 bridgehead atoms. The average molecular weight is 324 g/mol. The summed E-state index contributed by atoms with van der Waals surface area (Å²) in [5, 5.41) is 4.46. The van der Waals surface area contributed by atoms with Gasteiger partial charge in [0, 0.05) is 28.3 Å². The average Bonchev–Trinajstić information content (AvgIpc) is 2.45. The predicted octanol–water partition coefficient (Wildman–Crippen LogP) is 4.82. The lowest BCUT2D eigenvalue weighted by Gasteiger charge is -2.11. The highest BCUT2D eigenvalue weighted by Crippen LogP contribution is 2.25. The first-order chi connectivity index (χ1) is 10.0. The molecule has 2 aromatic carbocycles. The molecule has 0 amide bonds. The van der Waals surface area contributed by atoms with Crippen molar-refractivity contribution < 1.29 is 9.53 Å². The van der Waals surface area contributed by atoms with E-state index in [0.29, 0.717) is 27.9 Å². The van der Waals surface area contributed by atoms with E-state index in [-0.39, 0.29) is 5.78 Å². The van der Waals surface area contributed by atoms with E-state index in [1.165, 1.54) is 6.92 Å². The fourth-order valence-corrected chi connectivity index (χ4v) is 2.43. The minimum atomic E-state index is -0.0286. The number of Topliss-reactive ketones (excluding diaryl/α,β-unsaturated/α-hetero) is 1. The van der Waals surface area contributed by atoms with Crippen LogP contribution in [0, 0.1) is 0 Å². The Morgan fingerprint density at radius 2 is 1.95 bits per heavy atom. The number of carbonyl (C=O) groups is 1. The third kappa shape index (κ3) is 3.90. The molecule has 5 heteroatoms. The maximum absolute atomic E-state index is 11.5. The molecular formula is C16H15Cl2NO2. The normalized spacial score (nSPS) is 10.3. The summed E-state index contributed by atoms with van der Waals surface area (Å²) in [6.07, 6.45) is 0. The van der Waals surface area contributed by atoms with E-state index in [9.17, 15) is 4.79 Å². The van der Waals surface area contributed by atoms with Crippen LogP contribution in [0.25, 0.3) is 0 Å². The van der Waals surface area contributed by atoms with Gasteiger partial charge in [0.2, 0.25) is 0 Å². The van der Waals surface area contributed by atoms with Gasteiger partial charge in [0.05, 0.1) is 12.7 Å². The van der Waals surface area contributed by atoms with Crippen LogP contribution in [0.1, 0.15) is 22.8 Å². The standard InChI is InChI=1S/C16H15Cl2NO2/c1-10(20)14-6-5-13(8-16(14)21-2)19-9-11-3-4-12(17)7-15(11)18/h3-8,19H,9H2,1-2H3. The number of nitrogens with one attached hydrogen (secondary N) is 1. The zero-order chi connectivity index (χ0) is 15.4. The van der Waals surface area contributed by atoms with Gasteiger partial charge < -0.3 is 10.1 Å². The molecule has 0 heterocycles. The first-order valence-corrected chi connectivity index (χ1v) is 7.13. The van der Waals surface area contributed by atoms with E-state index in [1.807, 2.05) is 12.1 Å². The van der Waals surface area contributed by atoms with Crippen LogP contribution in [0.15, 0.2) is 36.4 Å². The van der Waals surface area contributed by atoms with Gasteiger partial charge in [-0.15, -0.1) is 0 Å². The van der Waals surface area contributed by atoms with E-state index in [1.54, 1.807) is 31.4 Å². The highest BCUT2D eigenvalue weighted by molar-refractivity contribution is 6.35. The number of hydrogen-bond donors (Lipinski definition) is 1. The Bertz CT molecular complexity index is 671. The Balaban J connectivity index is 2.15. The summed E-state index contributed by atoms with van der Waals surface area (Å²) in [6, 6.07) is 10.7. The van der Waals surface area contributed by atoms with Crippen molar-refractivity contribution >= 4 is 34.7 Å². The quantitative estimate of drug-likeness (QED) is 0.802. The van der Waals surface area contributed by atoms with Gasteiger partial charge in [-0.1, -0.05) is 29.3 Å². The summed E-state index contributed by atoms with van der Waals surface area (Å²) in [6.45, 7) is 2.07. The van der Waals surface area contributed by atoms with Crippen LogP contribution in [0.2, 0.25) is 10.0 Å². The predicted molar refractivity (Wildman–Crippen MR) is 86.8 cm³/mol. The molecule has 0 fully saturated rings.